The molecular formula is C18H27NO5. The van der Waals surface area contributed by atoms with Crippen LogP contribution in [0.2, 0.25) is 0 Å². The molecule has 0 spiro atoms. The molecule has 1 aromatic heterocycles. The Bertz CT molecular complexity index is 603. The minimum Gasteiger partial charge on any atom is -0.481 e. The zero-order chi connectivity index (χ0) is 17.9. The fourth-order valence-corrected chi connectivity index (χ4v) is 3.88. The van der Waals surface area contributed by atoms with Gasteiger partial charge in [0.25, 0.3) is 5.91 Å². The Morgan fingerprint density at radius 2 is 2.04 bits per heavy atom. The van der Waals surface area contributed by atoms with Crippen LogP contribution in [0.4, 0.5) is 0 Å². The van der Waals surface area contributed by atoms with Crippen molar-refractivity contribution in [2.45, 2.75) is 65.5 Å². The van der Waals surface area contributed by atoms with Crippen LogP contribution in [0.1, 0.15) is 61.7 Å². The molecule has 2 rings (SSSR count). The summed E-state index contributed by atoms with van der Waals surface area (Å²) in [5.41, 5.74) is 0.942. The Labute approximate surface area is 142 Å². The van der Waals surface area contributed by atoms with Crippen LogP contribution < -0.4 is 5.32 Å². The molecule has 0 radical (unpaired) electrons. The lowest BCUT2D eigenvalue weighted by molar-refractivity contribution is -0.136. The highest BCUT2D eigenvalue weighted by Gasteiger charge is 2.54. The molecule has 134 valence electrons. The molecule has 1 fully saturated rings. The van der Waals surface area contributed by atoms with Crippen molar-refractivity contribution in [2.24, 2.45) is 5.41 Å². The third-order valence-corrected chi connectivity index (χ3v) is 5.36. The van der Waals surface area contributed by atoms with Crippen LogP contribution in [0.15, 0.2) is 10.7 Å². The summed E-state index contributed by atoms with van der Waals surface area (Å²) in [6, 6.07) is 0.0310. The number of ether oxygens (including phenoxy) is 1. The first-order chi connectivity index (χ1) is 11.4. The van der Waals surface area contributed by atoms with Crippen molar-refractivity contribution in [1.29, 1.82) is 0 Å². The monoisotopic (exact) mass is 337 g/mol. The highest BCUT2D eigenvalue weighted by atomic mass is 16.5. The van der Waals surface area contributed by atoms with Gasteiger partial charge in [-0.05, 0) is 33.1 Å². The Morgan fingerprint density at radius 3 is 2.58 bits per heavy atom. The maximum Gasteiger partial charge on any atom is 0.311 e. The van der Waals surface area contributed by atoms with Gasteiger partial charge >= 0.3 is 5.97 Å². The number of amides is 1. The topological polar surface area (TPSA) is 88.8 Å². The summed E-state index contributed by atoms with van der Waals surface area (Å²) in [4.78, 5) is 23.7. The van der Waals surface area contributed by atoms with E-state index in [1.54, 1.807) is 6.92 Å². The van der Waals surface area contributed by atoms with Gasteiger partial charge in [0, 0.05) is 23.6 Å². The van der Waals surface area contributed by atoms with E-state index in [1.165, 1.54) is 6.26 Å². The van der Waals surface area contributed by atoms with Crippen LogP contribution in [-0.2, 0) is 16.0 Å². The molecule has 0 aliphatic heterocycles. The predicted octanol–water partition coefficient (Wildman–Crippen LogP) is 2.93. The van der Waals surface area contributed by atoms with Gasteiger partial charge in [0.2, 0.25) is 0 Å². The van der Waals surface area contributed by atoms with Crippen LogP contribution in [0.3, 0.4) is 0 Å². The molecule has 1 aliphatic carbocycles. The quantitative estimate of drug-likeness (QED) is 0.761. The number of carbonyl (C=O) groups excluding carboxylic acids is 1. The van der Waals surface area contributed by atoms with Gasteiger partial charge in [-0.3, -0.25) is 9.59 Å². The molecule has 0 bridgehead atoms. The number of furan rings is 1. The smallest absolute Gasteiger partial charge is 0.311 e. The van der Waals surface area contributed by atoms with E-state index in [0.717, 1.165) is 19.3 Å². The van der Waals surface area contributed by atoms with E-state index >= 15 is 0 Å². The number of rotatable bonds is 8. The molecule has 1 aromatic rings. The lowest BCUT2D eigenvalue weighted by Crippen LogP contribution is -2.64. The number of carbonyl (C=O) groups is 2. The maximum atomic E-state index is 12.7. The number of nitrogens with one attached hydrogen (secondary N) is 1. The number of hydrogen-bond acceptors (Lipinski definition) is 4. The summed E-state index contributed by atoms with van der Waals surface area (Å²) in [6.45, 7) is 8.63. The first-order valence-electron chi connectivity index (χ1n) is 8.60. The Hall–Kier alpha value is -1.82. The summed E-state index contributed by atoms with van der Waals surface area (Å²) < 4.78 is 11.1. The molecule has 1 saturated carbocycles. The Morgan fingerprint density at radius 1 is 1.38 bits per heavy atom. The lowest BCUT2D eigenvalue weighted by atomic mass is 9.58. The van der Waals surface area contributed by atoms with Gasteiger partial charge in [-0.1, -0.05) is 13.8 Å². The van der Waals surface area contributed by atoms with E-state index in [4.69, 9.17) is 14.3 Å². The van der Waals surface area contributed by atoms with Crippen LogP contribution in [0, 0.1) is 12.3 Å². The minimum absolute atomic E-state index is 0.0310. The average molecular weight is 337 g/mol. The van der Waals surface area contributed by atoms with Crippen molar-refractivity contribution >= 4 is 11.9 Å². The van der Waals surface area contributed by atoms with Crippen molar-refractivity contribution in [1.82, 2.24) is 5.32 Å². The van der Waals surface area contributed by atoms with Crippen LogP contribution >= 0.6 is 0 Å². The maximum absolute atomic E-state index is 12.7. The van der Waals surface area contributed by atoms with Gasteiger partial charge in [0.1, 0.15) is 12.2 Å². The van der Waals surface area contributed by atoms with Crippen LogP contribution in [0.5, 0.6) is 0 Å². The summed E-state index contributed by atoms with van der Waals surface area (Å²) in [5.74, 6) is -1.07. The molecule has 2 unspecified atom stereocenters. The molecule has 2 N–H and O–H groups in total. The van der Waals surface area contributed by atoms with Crippen molar-refractivity contribution in [3.05, 3.63) is 23.2 Å². The van der Waals surface area contributed by atoms with E-state index < -0.39 is 5.97 Å². The predicted molar refractivity (Wildman–Crippen MR) is 89.1 cm³/mol. The lowest BCUT2D eigenvalue weighted by Gasteiger charge is -2.55. The van der Waals surface area contributed by atoms with Gasteiger partial charge in [-0.2, -0.15) is 0 Å². The number of carboxylic acids is 1. The van der Waals surface area contributed by atoms with E-state index in [0.29, 0.717) is 17.7 Å². The van der Waals surface area contributed by atoms with Crippen LogP contribution in [0.25, 0.3) is 0 Å². The number of carboxylic acid groups (broad SMARTS) is 1. The SMILES string of the molecule is CCOC1CC(NC(=O)c2c(C)coc2CC(=O)O)C1(CC)CC. The van der Waals surface area contributed by atoms with E-state index in [-0.39, 0.29) is 35.6 Å². The fraction of sp³-hybridized carbons (Fsp3) is 0.667. The largest absolute Gasteiger partial charge is 0.481 e. The highest BCUT2D eigenvalue weighted by molar-refractivity contribution is 5.97. The van der Waals surface area contributed by atoms with E-state index in [2.05, 4.69) is 19.2 Å². The second-order valence-electron chi connectivity index (χ2n) is 6.43. The van der Waals surface area contributed by atoms with Crippen molar-refractivity contribution < 1.29 is 23.8 Å². The molecule has 1 aliphatic rings. The number of hydrogen-bond donors (Lipinski definition) is 2. The summed E-state index contributed by atoms with van der Waals surface area (Å²) in [5, 5.41) is 12.0. The molecule has 0 saturated heterocycles. The molecular weight excluding hydrogens is 310 g/mol. The van der Waals surface area contributed by atoms with Crippen molar-refractivity contribution in [3.63, 3.8) is 0 Å². The molecule has 1 amide bonds. The first-order valence-corrected chi connectivity index (χ1v) is 8.60. The minimum atomic E-state index is -1.02. The first kappa shape index (κ1) is 18.5. The van der Waals surface area contributed by atoms with Crippen molar-refractivity contribution in [2.75, 3.05) is 6.61 Å². The third kappa shape index (κ3) is 3.20. The van der Waals surface area contributed by atoms with Gasteiger partial charge in [-0.25, -0.2) is 0 Å². The summed E-state index contributed by atoms with van der Waals surface area (Å²) in [6.07, 6.45) is 3.93. The molecule has 6 heteroatoms. The molecule has 6 nitrogen and oxygen atoms in total. The average Bonchev–Trinajstić information content (AvgIpc) is 2.87. The second kappa shape index (κ2) is 7.38. The summed E-state index contributed by atoms with van der Waals surface area (Å²) in [7, 11) is 0. The molecule has 2 atom stereocenters. The van der Waals surface area contributed by atoms with Gasteiger partial charge in [-0.15, -0.1) is 0 Å². The van der Waals surface area contributed by atoms with Crippen molar-refractivity contribution in [3.8, 4) is 0 Å². The van der Waals surface area contributed by atoms with Crippen LogP contribution in [-0.4, -0.2) is 35.7 Å². The number of aryl methyl sites for hydroxylation is 1. The zero-order valence-electron chi connectivity index (χ0n) is 14.8. The second-order valence-corrected chi connectivity index (χ2v) is 6.43. The third-order valence-electron chi connectivity index (χ3n) is 5.36. The molecule has 0 aromatic carbocycles. The fourth-order valence-electron chi connectivity index (χ4n) is 3.88. The van der Waals surface area contributed by atoms with Gasteiger partial charge < -0.3 is 19.6 Å². The number of aliphatic carboxylic acids is 1. The highest BCUT2D eigenvalue weighted by Crippen LogP contribution is 2.49. The van der Waals surface area contributed by atoms with E-state index in [9.17, 15) is 9.59 Å². The normalized spacial score (nSPS) is 22.0. The molecule has 24 heavy (non-hydrogen) atoms. The summed E-state index contributed by atoms with van der Waals surface area (Å²) >= 11 is 0. The Balaban J connectivity index is 2.16. The van der Waals surface area contributed by atoms with Gasteiger partial charge in [0.05, 0.1) is 17.9 Å². The standard InChI is InChI=1S/C18H27NO5/c1-5-18(6-2)13(9-14(18)23-7-3)19-17(22)16-11(4)10-24-12(16)8-15(20)21/h10,13-14H,5-9H2,1-4H3,(H,19,22)(H,20,21). The molecule has 1 heterocycles. The van der Waals surface area contributed by atoms with E-state index in [1.807, 2.05) is 6.92 Å². The zero-order valence-corrected chi connectivity index (χ0v) is 14.8. The Kier molecular flexibility index (Phi) is 5.70. The van der Waals surface area contributed by atoms with Gasteiger partial charge in [0.15, 0.2) is 0 Å².